The van der Waals surface area contributed by atoms with Crippen LogP contribution in [-0.2, 0) is 18.5 Å². The predicted octanol–water partition coefficient (Wildman–Crippen LogP) is 5.70. The lowest BCUT2D eigenvalue weighted by Gasteiger charge is -2.27. The van der Waals surface area contributed by atoms with Gasteiger partial charge in [-0.05, 0) is 69.2 Å². The van der Waals surface area contributed by atoms with Gasteiger partial charge >= 0.3 is 12.1 Å². The number of likely N-dealkylation sites (tertiary alicyclic amines) is 1. The summed E-state index contributed by atoms with van der Waals surface area (Å²) in [6.45, 7) is 3.87. The Labute approximate surface area is 225 Å². The molecule has 0 radical (unpaired) electrons. The molecule has 2 N–H and O–H groups in total. The number of benzene rings is 1. The van der Waals surface area contributed by atoms with Crippen molar-refractivity contribution < 1.29 is 28.4 Å². The molecule has 0 aromatic heterocycles. The minimum atomic E-state index is -1.08. The number of amides is 2. The second-order valence-electron chi connectivity index (χ2n) is 9.27. The molecule has 0 spiro atoms. The quantitative estimate of drug-likeness (QED) is 0.174. The van der Waals surface area contributed by atoms with Crippen LogP contribution < -0.4 is 5.32 Å². The number of rotatable bonds is 13. The number of nitrogens with zero attached hydrogens (tertiary/aromatic N) is 1. The maximum atomic E-state index is 13.5. The van der Waals surface area contributed by atoms with E-state index in [4.69, 9.17) is 8.92 Å². The highest BCUT2D eigenvalue weighted by molar-refractivity contribution is 9.10. The Kier molecular flexibility index (Phi) is 11.6. The van der Waals surface area contributed by atoms with Gasteiger partial charge in [-0.1, -0.05) is 34.8 Å². The highest BCUT2D eigenvalue weighted by Crippen LogP contribution is 2.30. The molecule has 1 heterocycles. The van der Waals surface area contributed by atoms with Gasteiger partial charge in [-0.2, -0.15) is 0 Å². The molecular weight excluding hydrogens is 548 g/mol. The summed E-state index contributed by atoms with van der Waals surface area (Å²) in [4.78, 5) is 40.3. The molecule has 36 heavy (non-hydrogen) atoms. The third kappa shape index (κ3) is 8.81. The summed E-state index contributed by atoms with van der Waals surface area (Å²) < 4.78 is 12.3. The average molecular weight is 584 g/mol. The number of allylic oxidation sites excluding steroid dienone is 1. The van der Waals surface area contributed by atoms with Crippen molar-refractivity contribution in [2.24, 2.45) is 0 Å². The Bertz CT molecular complexity index is 893. The monoisotopic (exact) mass is 582 g/mol. The molecular formula is C26H35BrN2O6S. The van der Waals surface area contributed by atoms with Gasteiger partial charge < -0.3 is 24.2 Å². The zero-order valence-corrected chi connectivity index (χ0v) is 22.8. The molecule has 1 aliphatic heterocycles. The Hall–Kier alpha value is -2.04. The summed E-state index contributed by atoms with van der Waals surface area (Å²) in [7, 11) is 0. The zero-order chi connectivity index (χ0) is 25.9. The molecule has 10 heteroatoms. The van der Waals surface area contributed by atoms with Crippen LogP contribution in [0, 0.1) is 0 Å². The molecule has 1 saturated carbocycles. The maximum Gasteiger partial charge on any atom is 0.408 e. The topological polar surface area (TPSA) is 105 Å². The predicted molar refractivity (Wildman–Crippen MR) is 142 cm³/mol. The Morgan fingerprint density at radius 3 is 2.56 bits per heavy atom. The van der Waals surface area contributed by atoms with Crippen LogP contribution in [-0.4, -0.2) is 58.8 Å². The first-order valence-electron chi connectivity index (χ1n) is 12.6. The van der Waals surface area contributed by atoms with E-state index in [2.05, 4.69) is 27.8 Å². The molecule has 0 bridgehead atoms. The third-order valence-electron chi connectivity index (χ3n) is 6.49. The number of ether oxygens (including phenoxy) is 1. The van der Waals surface area contributed by atoms with Gasteiger partial charge in [-0.25, -0.2) is 9.59 Å². The molecule has 3 atom stereocenters. The Morgan fingerprint density at radius 2 is 1.89 bits per heavy atom. The maximum absolute atomic E-state index is 13.5. The van der Waals surface area contributed by atoms with Crippen LogP contribution in [0.4, 0.5) is 4.79 Å². The first kappa shape index (κ1) is 28.5. The third-order valence-corrected chi connectivity index (χ3v) is 7.85. The average Bonchev–Trinajstić information content (AvgIpc) is 3.52. The van der Waals surface area contributed by atoms with E-state index in [1.807, 2.05) is 30.3 Å². The Balaban J connectivity index is 1.62. The van der Waals surface area contributed by atoms with Crippen molar-refractivity contribution in [2.45, 2.75) is 93.4 Å². The van der Waals surface area contributed by atoms with E-state index < -0.39 is 36.2 Å². The van der Waals surface area contributed by atoms with Gasteiger partial charge in [0.25, 0.3) is 0 Å². The van der Waals surface area contributed by atoms with Crippen LogP contribution in [0.5, 0.6) is 0 Å². The molecule has 1 aliphatic carbocycles. The van der Waals surface area contributed by atoms with E-state index in [1.165, 1.54) is 4.90 Å². The standard InChI is InChI=1S/C26H35BrN2O6S/c1-2-3-4-5-6-11-22(28-26(33)34-19-9-7-8-10-19)24(30)29-17-20(16-23(29)25(31)32)35-36-21-14-12-18(27)13-15-21/h2,12-15,19-20,22-23H,1,3-11,16-17H2,(H,28,33)(H,31,32)/t20-,22-,23-/m0/s1. The van der Waals surface area contributed by atoms with Crippen LogP contribution in [0.1, 0.15) is 64.2 Å². The molecule has 198 valence electrons. The number of carboxylic acid groups (broad SMARTS) is 1. The lowest BCUT2D eigenvalue weighted by Crippen LogP contribution is -2.52. The van der Waals surface area contributed by atoms with Gasteiger partial charge in [0.2, 0.25) is 5.91 Å². The summed E-state index contributed by atoms with van der Waals surface area (Å²) in [5.74, 6) is -1.49. The van der Waals surface area contributed by atoms with Crippen LogP contribution in [0.3, 0.4) is 0 Å². The van der Waals surface area contributed by atoms with E-state index >= 15 is 0 Å². The largest absolute Gasteiger partial charge is 0.480 e. The molecule has 1 aromatic rings. The fraction of sp³-hybridized carbons (Fsp3) is 0.577. The molecule has 1 aromatic carbocycles. The van der Waals surface area contributed by atoms with Crippen molar-refractivity contribution in [1.29, 1.82) is 0 Å². The number of hydrogen-bond acceptors (Lipinski definition) is 6. The van der Waals surface area contributed by atoms with E-state index in [1.54, 1.807) is 0 Å². The number of alkyl carbamates (subject to hydrolysis) is 1. The second kappa shape index (κ2) is 14.6. The first-order valence-corrected chi connectivity index (χ1v) is 14.1. The molecule has 1 saturated heterocycles. The van der Waals surface area contributed by atoms with Gasteiger partial charge in [0, 0.05) is 34.4 Å². The van der Waals surface area contributed by atoms with Crippen molar-refractivity contribution >= 4 is 45.9 Å². The van der Waals surface area contributed by atoms with Crippen LogP contribution in [0.25, 0.3) is 0 Å². The van der Waals surface area contributed by atoms with Crippen LogP contribution in [0.15, 0.2) is 46.3 Å². The fourth-order valence-electron chi connectivity index (χ4n) is 4.56. The summed E-state index contributed by atoms with van der Waals surface area (Å²) in [5, 5.41) is 12.5. The smallest absolute Gasteiger partial charge is 0.408 e. The lowest BCUT2D eigenvalue weighted by molar-refractivity contribution is -0.149. The Morgan fingerprint density at radius 1 is 1.17 bits per heavy atom. The highest BCUT2D eigenvalue weighted by Gasteiger charge is 2.43. The lowest BCUT2D eigenvalue weighted by atomic mass is 10.1. The normalized spacial score (nSPS) is 20.8. The number of aliphatic carboxylic acids is 1. The molecule has 0 unspecified atom stereocenters. The number of unbranched alkanes of at least 4 members (excludes halogenated alkanes) is 3. The van der Waals surface area contributed by atoms with Gasteiger partial charge in [-0.15, -0.1) is 6.58 Å². The summed E-state index contributed by atoms with van der Waals surface area (Å²) in [6.07, 6.45) is 8.42. The van der Waals surface area contributed by atoms with Crippen LogP contribution in [0.2, 0.25) is 0 Å². The van der Waals surface area contributed by atoms with Crippen molar-refractivity contribution in [2.75, 3.05) is 6.54 Å². The van der Waals surface area contributed by atoms with Crippen molar-refractivity contribution in [3.8, 4) is 0 Å². The number of carboxylic acids is 1. The van der Waals surface area contributed by atoms with Gasteiger partial charge in [-0.3, -0.25) is 4.79 Å². The summed E-state index contributed by atoms with van der Waals surface area (Å²) in [5.41, 5.74) is 0. The SMILES string of the molecule is C=CCCCCC[C@H](NC(=O)OC1CCCC1)C(=O)N1C[C@@H](OSc2ccc(Br)cc2)C[C@H]1C(=O)O. The van der Waals surface area contributed by atoms with E-state index in [0.717, 1.165) is 72.8 Å². The number of carbonyl (C=O) groups is 3. The van der Waals surface area contributed by atoms with E-state index in [-0.39, 0.29) is 19.1 Å². The molecule has 2 aliphatic rings. The van der Waals surface area contributed by atoms with Gasteiger partial charge in [0.05, 0.1) is 6.10 Å². The van der Waals surface area contributed by atoms with E-state index in [9.17, 15) is 19.5 Å². The number of hydrogen-bond donors (Lipinski definition) is 2. The minimum absolute atomic E-state index is 0.125. The fourth-order valence-corrected chi connectivity index (χ4v) is 5.46. The second-order valence-corrected chi connectivity index (χ2v) is 11.0. The zero-order valence-electron chi connectivity index (χ0n) is 20.4. The molecule has 8 nitrogen and oxygen atoms in total. The molecule has 3 rings (SSSR count). The number of carbonyl (C=O) groups excluding carboxylic acids is 2. The number of halogens is 1. The van der Waals surface area contributed by atoms with Crippen LogP contribution >= 0.6 is 28.0 Å². The van der Waals surface area contributed by atoms with Gasteiger partial charge in [0.1, 0.15) is 18.2 Å². The summed E-state index contributed by atoms with van der Waals surface area (Å²) >= 11 is 4.55. The molecule has 2 fully saturated rings. The van der Waals surface area contributed by atoms with Crippen molar-refractivity contribution in [3.63, 3.8) is 0 Å². The minimum Gasteiger partial charge on any atom is -0.480 e. The number of nitrogens with one attached hydrogen (secondary N) is 1. The van der Waals surface area contributed by atoms with Crippen molar-refractivity contribution in [3.05, 3.63) is 41.4 Å². The van der Waals surface area contributed by atoms with E-state index in [0.29, 0.717) is 6.42 Å². The van der Waals surface area contributed by atoms with Crippen molar-refractivity contribution in [1.82, 2.24) is 10.2 Å². The summed E-state index contributed by atoms with van der Waals surface area (Å²) in [6, 6.07) is 5.72. The van der Waals surface area contributed by atoms with Gasteiger partial charge in [0.15, 0.2) is 0 Å². The highest BCUT2D eigenvalue weighted by atomic mass is 79.9. The molecule has 2 amide bonds. The first-order chi connectivity index (χ1) is 17.4.